The predicted molar refractivity (Wildman–Crippen MR) is 79.0 cm³/mol. The maximum Gasteiger partial charge on any atom is 0.237 e. The highest BCUT2D eigenvalue weighted by Crippen LogP contribution is 2.36. The minimum atomic E-state index is -0.0875. The first-order valence-electron chi connectivity index (χ1n) is 7.20. The van der Waals surface area contributed by atoms with E-state index < -0.39 is 0 Å². The number of aryl methyl sites for hydroxylation is 1. The Morgan fingerprint density at radius 2 is 2.10 bits per heavy atom. The summed E-state index contributed by atoms with van der Waals surface area (Å²) in [4.78, 5) is 4.64. The quantitative estimate of drug-likeness (QED) is 0.741. The third-order valence-electron chi connectivity index (χ3n) is 4.45. The average molecular weight is 283 g/mol. The van der Waals surface area contributed by atoms with Crippen molar-refractivity contribution in [2.45, 2.75) is 18.8 Å². The Hall–Kier alpha value is -2.14. The molecule has 0 spiro atoms. The maximum absolute atomic E-state index is 5.53. The van der Waals surface area contributed by atoms with E-state index in [1.54, 1.807) is 0 Å². The lowest BCUT2D eigenvalue weighted by Gasteiger charge is -2.36. The van der Waals surface area contributed by atoms with E-state index in [1.165, 1.54) is 0 Å². The predicted octanol–water partition coefficient (Wildman–Crippen LogP) is 2.91. The van der Waals surface area contributed by atoms with E-state index in [2.05, 4.69) is 40.0 Å². The first-order chi connectivity index (χ1) is 10.2. The van der Waals surface area contributed by atoms with Crippen LogP contribution in [0.4, 0.5) is 0 Å². The van der Waals surface area contributed by atoms with Crippen LogP contribution in [0.2, 0.25) is 0 Å². The number of aromatic nitrogens is 3. The van der Waals surface area contributed by atoms with Crippen LogP contribution >= 0.6 is 0 Å². The molecule has 0 atom stereocenters. The molecule has 21 heavy (non-hydrogen) atoms. The average Bonchev–Trinajstić information content (AvgIpc) is 3.05. The molecule has 1 fully saturated rings. The molecule has 5 heteroatoms. The van der Waals surface area contributed by atoms with Crippen LogP contribution in [0.5, 0.6) is 0 Å². The van der Waals surface area contributed by atoms with Crippen molar-refractivity contribution in [1.29, 1.82) is 0 Å². The molecule has 1 aromatic carbocycles. The van der Waals surface area contributed by atoms with Crippen molar-refractivity contribution in [2.24, 2.45) is 7.05 Å². The molecule has 0 saturated carbocycles. The van der Waals surface area contributed by atoms with Crippen LogP contribution in [0.3, 0.4) is 0 Å². The van der Waals surface area contributed by atoms with Gasteiger partial charge in [0, 0.05) is 29.7 Å². The fraction of sp³-hybridized carbons (Fsp3) is 0.375. The lowest BCUT2D eigenvalue weighted by atomic mass is 9.83. The zero-order valence-electron chi connectivity index (χ0n) is 12.2. The van der Waals surface area contributed by atoms with Crippen LogP contribution in [-0.2, 0) is 17.2 Å². The van der Waals surface area contributed by atoms with E-state index in [-0.39, 0.29) is 5.41 Å². The molecule has 4 rings (SSSR count). The van der Waals surface area contributed by atoms with E-state index in [4.69, 9.17) is 9.26 Å². The standard InChI is InChI=1S/C16H17N3O2/c1-3-16(9-20-10-16)15-17-14(18-21-15)12-8-19(2)13-7-5-4-6-11(12)13/h4-8H,3,9-10H2,1-2H3. The number of fused-ring (bicyclic) bond motifs is 1. The minimum absolute atomic E-state index is 0.0875. The van der Waals surface area contributed by atoms with Crippen LogP contribution in [0.25, 0.3) is 22.3 Å². The van der Waals surface area contributed by atoms with Gasteiger partial charge in [0.1, 0.15) is 0 Å². The van der Waals surface area contributed by atoms with Crippen molar-refractivity contribution in [2.75, 3.05) is 13.2 Å². The summed E-state index contributed by atoms with van der Waals surface area (Å²) in [6.07, 6.45) is 3.00. The molecular weight excluding hydrogens is 266 g/mol. The van der Waals surface area contributed by atoms with Gasteiger partial charge in [0.2, 0.25) is 11.7 Å². The molecule has 3 heterocycles. The van der Waals surface area contributed by atoms with Crippen LogP contribution < -0.4 is 0 Å². The minimum Gasteiger partial charge on any atom is -0.379 e. The van der Waals surface area contributed by atoms with Crippen molar-refractivity contribution < 1.29 is 9.26 Å². The highest BCUT2D eigenvalue weighted by molar-refractivity contribution is 5.94. The Morgan fingerprint density at radius 1 is 1.29 bits per heavy atom. The second-order valence-electron chi connectivity index (χ2n) is 5.72. The monoisotopic (exact) mass is 283 g/mol. The molecule has 3 aromatic rings. The molecule has 0 amide bonds. The summed E-state index contributed by atoms with van der Waals surface area (Å²) < 4.78 is 13.0. The lowest BCUT2D eigenvalue weighted by Crippen LogP contribution is -2.46. The summed E-state index contributed by atoms with van der Waals surface area (Å²) >= 11 is 0. The Bertz CT molecular complexity index is 793. The number of para-hydroxylation sites is 1. The molecule has 108 valence electrons. The van der Waals surface area contributed by atoms with E-state index in [0.717, 1.165) is 22.9 Å². The second-order valence-corrected chi connectivity index (χ2v) is 5.72. The number of benzene rings is 1. The van der Waals surface area contributed by atoms with Gasteiger partial charge >= 0.3 is 0 Å². The largest absolute Gasteiger partial charge is 0.379 e. The molecule has 2 aromatic heterocycles. The molecule has 0 aliphatic carbocycles. The number of ether oxygens (including phenoxy) is 1. The molecule has 0 radical (unpaired) electrons. The Labute approximate surface area is 122 Å². The zero-order valence-corrected chi connectivity index (χ0v) is 12.2. The second kappa shape index (κ2) is 4.43. The number of hydrogen-bond donors (Lipinski definition) is 0. The SMILES string of the molecule is CCC1(c2nc(-c3cn(C)c4ccccc34)no2)COC1. The molecule has 0 unspecified atom stereocenters. The first kappa shape index (κ1) is 12.6. The van der Waals surface area contributed by atoms with Gasteiger partial charge in [-0.1, -0.05) is 30.3 Å². The summed E-state index contributed by atoms with van der Waals surface area (Å²) in [5, 5.41) is 5.33. The topological polar surface area (TPSA) is 53.1 Å². The van der Waals surface area contributed by atoms with E-state index in [0.29, 0.717) is 24.9 Å². The van der Waals surface area contributed by atoms with Crippen molar-refractivity contribution in [1.82, 2.24) is 14.7 Å². The van der Waals surface area contributed by atoms with Gasteiger partial charge in [0.05, 0.1) is 18.6 Å². The van der Waals surface area contributed by atoms with Gasteiger partial charge in [-0.2, -0.15) is 4.98 Å². The fourth-order valence-corrected chi connectivity index (χ4v) is 2.90. The molecule has 0 N–H and O–H groups in total. The Morgan fingerprint density at radius 3 is 2.81 bits per heavy atom. The summed E-state index contributed by atoms with van der Waals surface area (Å²) in [6, 6.07) is 8.24. The van der Waals surface area contributed by atoms with E-state index in [9.17, 15) is 0 Å². The maximum atomic E-state index is 5.53. The summed E-state index contributed by atoms with van der Waals surface area (Å²) in [7, 11) is 2.03. The molecular formula is C16H17N3O2. The van der Waals surface area contributed by atoms with Crippen molar-refractivity contribution in [3.05, 3.63) is 36.4 Å². The normalized spacial score (nSPS) is 17.0. The van der Waals surface area contributed by atoms with Crippen molar-refractivity contribution in [3.8, 4) is 11.4 Å². The van der Waals surface area contributed by atoms with Gasteiger partial charge in [-0.3, -0.25) is 0 Å². The van der Waals surface area contributed by atoms with Gasteiger partial charge in [0.25, 0.3) is 0 Å². The van der Waals surface area contributed by atoms with Gasteiger partial charge < -0.3 is 13.8 Å². The molecule has 0 bridgehead atoms. The summed E-state index contributed by atoms with van der Waals surface area (Å²) in [5.41, 5.74) is 2.08. The molecule has 1 saturated heterocycles. The highest BCUT2D eigenvalue weighted by Gasteiger charge is 2.44. The Balaban J connectivity index is 1.81. The van der Waals surface area contributed by atoms with Crippen LogP contribution in [0, 0.1) is 0 Å². The van der Waals surface area contributed by atoms with Crippen LogP contribution in [-0.4, -0.2) is 27.9 Å². The summed E-state index contributed by atoms with van der Waals surface area (Å²) in [6.45, 7) is 3.46. The van der Waals surface area contributed by atoms with E-state index >= 15 is 0 Å². The highest BCUT2D eigenvalue weighted by atomic mass is 16.5. The fourth-order valence-electron chi connectivity index (χ4n) is 2.90. The molecule has 5 nitrogen and oxygen atoms in total. The third kappa shape index (κ3) is 1.74. The van der Waals surface area contributed by atoms with Crippen molar-refractivity contribution in [3.63, 3.8) is 0 Å². The number of rotatable bonds is 3. The number of nitrogens with zero attached hydrogens (tertiary/aromatic N) is 3. The third-order valence-corrected chi connectivity index (χ3v) is 4.45. The zero-order chi connectivity index (χ0) is 14.4. The summed E-state index contributed by atoms with van der Waals surface area (Å²) in [5.74, 6) is 1.35. The molecule has 1 aliphatic rings. The first-order valence-corrected chi connectivity index (χ1v) is 7.20. The molecule has 1 aliphatic heterocycles. The number of hydrogen-bond acceptors (Lipinski definition) is 4. The van der Waals surface area contributed by atoms with Crippen molar-refractivity contribution >= 4 is 10.9 Å². The van der Waals surface area contributed by atoms with Crippen LogP contribution in [0.1, 0.15) is 19.2 Å². The van der Waals surface area contributed by atoms with Gasteiger partial charge in [-0.15, -0.1) is 0 Å². The lowest BCUT2D eigenvalue weighted by molar-refractivity contribution is -0.0765. The van der Waals surface area contributed by atoms with Gasteiger partial charge in [-0.25, -0.2) is 0 Å². The smallest absolute Gasteiger partial charge is 0.237 e. The van der Waals surface area contributed by atoms with Gasteiger partial charge in [0.15, 0.2) is 0 Å². The van der Waals surface area contributed by atoms with Crippen LogP contribution in [0.15, 0.2) is 35.0 Å². The Kier molecular flexibility index (Phi) is 2.65. The van der Waals surface area contributed by atoms with Gasteiger partial charge in [-0.05, 0) is 12.5 Å². The van der Waals surface area contributed by atoms with E-state index in [1.807, 2.05) is 19.2 Å².